The van der Waals surface area contributed by atoms with E-state index >= 15 is 0 Å². The molecule has 3 heterocycles. The van der Waals surface area contributed by atoms with E-state index in [4.69, 9.17) is 9.72 Å². The molecule has 0 bridgehead atoms. The van der Waals surface area contributed by atoms with Crippen LogP contribution >= 0.6 is 0 Å². The lowest BCUT2D eigenvalue weighted by Crippen LogP contribution is -2.09. The third-order valence-corrected chi connectivity index (χ3v) is 6.60. The van der Waals surface area contributed by atoms with Crippen molar-refractivity contribution in [1.82, 2.24) is 9.88 Å². The Morgan fingerprint density at radius 3 is 2.69 bits per heavy atom. The van der Waals surface area contributed by atoms with E-state index in [2.05, 4.69) is 61.3 Å². The molecule has 2 aliphatic heterocycles. The van der Waals surface area contributed by atoms with Gasteiger partial charge >= 0.3 is 0 Å². The molecule has 0 N–H and O–H groups in total. The van der Waals surface area contributed by atoms with Crippen molar-refractivity contribution in [3.63, 3.8) is 0 Å². The van der Waals surface area contributed by atoms with Gasteiger partial charge in [0.25, 0.3) is 0 Å². The van der Waals surface area contributed by atoms with Crippen molar-refractivity contribution in [2.45, 2.75) is 32.9 Å². The maximum Gasteiger partial charge on any atom is 0.129 e. The Kier molecular flexibility index (Phi) is 3.69. The summed E-state index contributed by atoms with van der Waals surface area (Å²) in [4.78, 5) is 7.28. The monoisotopic (exact) mass is 380 g/mol. The highest BCUT2D eigenvalue weighted by Gasteiger charge is 2.27. The van der Waals surface area contributed by atoms with E-state index in [0.29, 0.717) is 0 Å². The first-order valence-electron chi connectivity index (χ1n) is 10.5. The van der Waals surface area contributed by atoms with Crippen LogP contribution in [0.2, 0.25) is 0 Å². The predicted octanol–water partition coefficient (Wildman–Crippen LogP) is 5.50. The van der Waals surface area contributed by atoms with Crippen LogP contribution in [0.1, 0.15) is 29.2 Å². The van der Waals surface area contributed by atoms with Gasteiger partial charge in [-0.05, 0) is 70.3 Å². The minimum Gasteiger partial charge on any atom is -0.493 e. The summed E-state index contributed by atoms with van der Waals surface area (Å²) in [5.74, 6) is 0.973. The van der Waals surface area contributed by atoms with Crippen LogP contribution < -0.4 is 4.74 Å². The zero-order valence-electron chi connectivity index (χ0n) is 17.0. The maximum atomic E-state index is 5.97. The van der Waals surface area contributed by atoms with Gasteiger partial charge in [0.05, 0.1) is 12.1 Å². The Labute approximate surface area is 170 Å². The lowest BCUT2D eigenvalue weighted by Gasteiger charge is -2.22. The van der Waals surface area contributed by atoms with Crippen molar-refractivity contribution >= 4 is 21.7 Å². The molecule has 29 heavy (non-hydrogen) atoms. The molecule has 3 heteroatoms. The molecule has 144 valence electrons. The Hall–Kier alpha value is -2.91. The number of nitrogens with zero attached hydrogens (tertiary/aromatic N) is 2. The molecule has 2 aliphatic rings. The molecule has 0 aliphatic carbocycles. The van der Waals surface area contributed by atoms with Gasteiger partial charge in [0.15, 0.2) is 0 Å². The van der Waals surface area contributed by atoms with Crippen molar-refractivity contribution < 1.29 is 4.74 Å². The summed E-state index contributed by atoms with van der Waals surface area (Å²) >= 11 is 0. The summed E-state index contributed by atoms with van der Waals surface area (Å²) in [7, 11) is 2.22. The number of fused-ring (bicyclic) bond motifs is 3. The van der Waals surface area contributed by atoms with Crippen LogP contribution in [0.3, 0.4) is 0 Å². The summed E-state index contributed by atoms with van der Waals surface area (Å²) in [6.07, 6.45) is 3.94. The molecule has 4 aromatic rings. The third-order valence-electron chi connectivity index (χ3n) is 6.60. The smallest absolute Gasteiger partial charge is 0.129 e. The lowest BCUT2D eigenvalue weighted by molar-refractivity contribution is 0.318. The fourth-order valence-corrected chi connectivity index (χ4v) is 5.39. The Balaban J connectivity index is 1.77. The minimum absolute atomic E-state index is 0.750. The van der Waals surface area contributed by atoms with Gasteiger partial charge in [-0.2, -0.15) is 0 Å². The third kappa shape index (κ3) is 2.37. The molecule has 3 nitrogen and oxygen atoms in total. The molecule has 0 amide bonds. The average molecular weight is 380 g/mol. The first-order chi connectivity index (χ1) is 14.3. The second-order valence-electron chi connectivity index (χ2n) is 8.29. The molecule has 1 aromatic heterocycles. The SMILES string of the molecule is CCc1c2c(c3ccccc3c1-c1ccc3c4c(ccnc14)CCO3)CN(C)C2. The van der Waals surface area contributed by atoms with Crippen LogP contribution in [-0.2, 0) is 25.9 Å². The Bertz CT molecular complexity index is 1280. The van der Waals surface area contributed by atoms with Crippen LogP contribution in [0.5, 0.6) is 5.75 Å². The van der Waals surface area contributed by atoms with Crippen LogP contribution in [-0.4, -0.2) is 23.5 Å². The zero-order chi connectivity index (χ0) is 19.5. The predicted molar refractivity (Wildman–Crippen MR) is 118 cm³/mol. The van der Waals surface area contributed by atoms with Gasteiger partial charge in [-0.3, -0.25) is 9.88 Å². The van der Waals surface area contributed by atoms with Crippen molar-refractivity contribution in [2.75, 3.05) is 13.7 Å². The van der Waals surface area contributed by atoms with Crippen LogP contribution in [0.15, 0.2) is 48.7 Å². The van der Waals surface area contributed by atoms with Crippen LogP contribution in [0, 0.1) is 0 Å². The minimum atomic E-state index is 0.750. The molecule has 3 aromatic carbocycles. The maximum absolute atomic E-state index is 5.97. The van der Waals surface area contributed by atoms with E-state index < -0.39 is 0 Å². The van der Waals surface area contributed by atoms with Gasteiger partial charge in [0.2, 0.25) is 0 Å². The molecule has 0 radical (unpaired) electrons. The summed E-state index contributed by atoms with van der Waals surface area (Å²) < 4.78 is 5.97. The van der Waals surface area contributed by atoms with E-state index in [1.807, 2.05) is 6.20 Å². The van der Waals surface area contributed by atoms with Crippen molar-refractivity contribution in [1.29, 1.82) is 0 Å². The second kappa shape index (κ2) is 6.30. The van der Waals surface area contributed by atoms with Crippen molar-refractivity contribution in [3.05, 3.63) is 70.9 Å². The van der Waals surface area contributed by atoms with E-state index in [9.17, 15) is 0 Å². The Morgan fingerprint density at radius 1 is 1.00 bits per heavy atom. The summed E-state index contributed by atoms with van der Waals surface area (Å²) in [6, 6.07) is 15.4. The fourth-order valence-electron chi connectivity index (χ4n) is 5.39. The highest BCUT2D eigenvalue weighted by molar-refractivity contribution is 6.09. The molecule has 0 atom stereocenters. The number of pyridine rings is 1. The number of ether oxygens (including phenoxy) is 1. The highest BCUT2D eigenvalue weighted by Crippen LogP contribution is 2.45. The van der Waals surface area contributed by atoms with E-state index in [1.54, 1.807) is 0 Å². The lowest BCUT2D eigenvalue weighted by atomic mass is 9.84. The number of rotatable bonds is 2. The van der Waals surface area contributed by atoms with E-state index in [0.717, 1.165) is 43.8 Å². The van der Waals surface area contributed by atoms with Gasteiger partial charge in [0.1, 0.15) is 5.75 Å². The normalized spacial score (nSPS) is 15.7. The average Bonchev–Trinajstić information content (AvgIpc) is 3.15. The topological polar surface area (TPSA) is 25.4 Å². The highest BCUT2D eigenvalue weighted by atomic mass is 16.5. The molecular formula is C26H24N2O. The van der Waals surface area contributed by atoms with Gasteiger partial charge in [0, 0.05) is 36.7 Å². The summed E-state index contributed by atoms with van der Waals surface area (Å²) in [6.45, 7) is 5.08. The van der Waals surface area contributed by atoms with Gasteiger partial charge in [-0.25, -0.2) is 0 Å². The van der Waals surface area contributed by atoms with Crippen LogP contribution in [0.4, 0.5) is 0 Å². The number of benzene rings is 3. The standard InChI is InChI=1S/C26H24N2O/c1-3-17-21-14-28(2)15-22(21)18-6-4-5-7-19(18)25(17)20-8-9-23-24-16(11-13-29-23)10-12-27-26(20)24/h4-10,12H,3,11,13-15H2,1-2H3. The molecule has 0 spiro atoms. The first-order valence-corrected chi connectivity index (χ1v) is 10.5. The van der Waals surface area contributed by atoms with Gasteiger partial charge in [-0.15, -0.1) is 0 Å². The number of hydrogen-bond acceptors (Lipinski definition) is 3. The molecule has 0 saturated carbocycles. The Morgan fingerprint density at radius 2 is 1.83 bits per heavy atom. The van der Waals surface area contributed by atoms with Crippen molar-refractivity contribution in [3.8, 4) is 16.9 Å². The second-order valence-corrected chi connectivity index (χ2v) is 8.29. The molecule has 6 rings (SSSR count). The largest absolute Gasteiger partial charge is 0.493 e. The van der Waals surface area contributed by atoms with Gasteiger partial charge < -0.3 is 4.74 Å². The molecule has 0 unspecified atom stereocenters. The molecule has 0 fully saturated rings. The number of aromatic nitrogens is 1. The summed E-state index contributed by atoms with van der Waals surface area (Å²) in [5, 5.41) is 3.92. The zero-order valence-corrected chi connectivity index (χ0v) is 17.0. The van der Waals surface area contributed by atoms with Gasteiger partial charge in [-0.1, -0.05) is 31.2 Å². The molecular weight excluding hydrogens is 356 g/mol. The van der Waals surface area contributed by atoms with Crippen LogP contribution in [0.25, 0.3) is 32.8 Å². The van der Waals surface area contributed by atoms with Crippen molar-refractivity contribution in [2.24, 2.45) is 0 Å². The number of hydrogen-bond donors (Lipinski definition) is 0. The fraction of sp³-hybridized carbons (Fsp3) is 0.269. The molecule has 0 saturated heterocycles. The first kappa shape index (κ1) is 17.0. The quantitative estimate of drug-likeness (QED) is 0.459. The van der Waals surface area contributed by atoms with E-state index in [1.165, 1.54) is 49.5 Å². The van der Waals surface area contributed by atoms with E-state index in [-0.39, 0.29) is 0 Å². The summed E-state index contributed by atoms with van der Waals surface area (Å²) in [5.41, 5.74) is 9.51.